The second-order valence-corrected chi connectivity index (χ2v) is 15.6. The minimum Gasteiger partial charge on any atom is -0.310 e. The Balaban J connectivity index is 1.22. The normalized spacial score (nSPS) is 13.2. The van der Waals surface area contributed by atoms with Crippen molar-refractivity contribution in [3.05, 3.63) is 204 Å². The molecule has 0 amide bonds. The number of hydrogen-bond acceptors (Lipinski definition) is 2. The molecule has 7 aromatic carbocycles. The molecule has 0 unspecified atom stereocenters. The van der Waals surface area contributed by atoms with E-state index in [1.807, 2.05) is 11.8 Å². The zero-order chi connectivity index (χ0) is 37.2. The molecule has 0 radical (unpaired) electrons. The Morgan fingerprint density at radius 3 is 1.72 bits per heavy atom. The van der Waals surface area contributed by atoms with Crippen LogP contribution in [0.1, 0.15) is 49.9 Å². The van der Waals surface area contributed by atoms with Crippen LogP contribution >= 0.6 is 11.8 Å². The van der Waals surface area contributed by atoms with Gasteiger partial charge in [0.2, 0.25) is 0 Å². The van der Waals surface area contributed by atoms with E-state index in [1.165, 1.54) is 71.0 Å². The van der Waals surface area contributed by atoms with Crippen LogP contribution in [-0.4, -0.2) is 0 Å². The van der Waals surface area contributed by atoms with Crippen LogP contribution in [0, 0.1) is 6.92 Å². The van der Waals surface area contributed by atoms with Crippen LogP contribution in [0.2, 0.25) is 0 Å². The molecule has 7 aromatic rings. The third-order valence-electron chi connectivity index (χ3n) is 10.8. The van der Waals surface area contributed by atoms with Gasteiger partial charge in [0, 0.05) is 37.8 Å². The molecule has 264 valence electrons. The summed E-state index contributed by atoms with van der Waals surface area (Å²) in [7, 11) is 0. The topological polar surface area (TPSA) is 3.24 Å². The van der Waals surface area contributed by atoms with Crippen molar-refractivity contribution >= 4 is 34.4 Å². The first-order valence-electron chi connectivity index (χ1n) is 18.8. The van der Waals surface area contributed by atoms with E-state index < -0.39 is 0 Å². The van der Waals surface area contributed by atoms with Gasteiger partial charge in [-0.25, -0.2) is 0 Å². The smallest absolute Gasteiger partial charge is 0.0468 e. The number of hydrogen-bond donors (Lipinski definition) is 0. The number of allylic oxidation sites excluding steroid dienone is 4. The average molecular weight is 716 g/mol. The van der Waals surface area contributed by atoms with Crippen molar-refractivity contribution in [2.24, 2.45) is 0 Å². The number of nitrogens with zero attached hydrogens (tertiary/aromatic N) is 1. The molecule has 0 heterocycles. The van der Waals surface area contributed by atoms with E-state index in [1.54, 1.807) is 0 Å². The van der Waals surface area contributed by atoms with Gasteiger partial charge in [-0.3, -0.25) is 0 Å². The molecule has 1 aliphatic rings. The van der Waals surface area contributed by atoms with Gasteiger partial charge in [0.1, 0.15) is 0 Å². The zero-order valence-electron chi connectivity index (χ0n) is 31.7. The van der Waals surface area contributed by atoms with Crippen LogP contribution in [0.15, 0.2) is 192 Å². The highest BCUT2D eigenvalue weighted by Crippen LogP contribution is 2.54. The van der Waals surface area contributed by atoms with Crippen LogP contribution in [0.25, 0.3) is 39.0 Å². The molecule has 1 aliphatic carbocycles. The monoisotopic (exact) mass is 715 g/mol. The van der Waals surface area contributed by atoms with Crippen LogP contribution in [0.4, 0.5) is 17.1 Å². The highest BCUT2D eigenvalue weighted by atomic mass is 32.2. The lowest BCUT2D eigenvalue weighted by molar-refractivity contribution is 0.659. The van der Waals surface area contributed by atoms with Crippen molar-refractivity contribution in [2.75, 3.05) is 4.90 Å². The van der Waals surface area contributed by atoms with Crippen molar-refractivity contribution in [2.45, 2.75) is 49.8 Å². The van der Waals surface area contributed by atoms with Gasteiger partial charge in [-0.15, -0.1) is 0 Å². The van der Waals surface area contributed by atoms with Crippen LogP contribution in [0.5, 0.6) is 0 Å². The molecule has 0 saturated heterocycles. The van der Waals surface area contributed by atoms with E-state index in [-0.39, 0.29) is 5.41 Å². The standard InChI is InChI=1S/C52H45NS/c1-6-14-37(7-2)39-25-29-43(30-26-39)53(44-31-27-42(28-32-44)41-23-21-40(22-24-41)38-16-9-8-10-17-38)45-33-34-47-46(35-45)51-48(52(47,4)5)18-13-20-50(51)54-49-19-12-11-15-36(49)3/h6-35H,1-5H3/b14-6-,37-7+. The van der Waals surface area contributed by atoms with E-state index >= 15 is 0 Å². The number of rotatable bonds is 9. The van der Waals surface area contributed by atoms with Gasteiger partial charge in [-0.05, 0) is 125 Å². The van der Waals surface area contributed by atoms with Crippen molar-refractivity contribution in [3.63, 3.8) is 0 Å². The molecule has 0 spiro atoms. The summed E-state index contributed by atoms with van der Waals surface area (Å²) in [5.74, 6) is 0. The maximum absolute atomic E-state index is 2.42. The summed E-state index contributed by atoms with van der Waals surface area (Å²) in [4.78, 5) is 5.00. The number of benzene rings is 7. The summed E-state index contributed by atoms with van der Waals surface area (Å²) in [5, 5.41) is 0. The zero-order valence-corrected chi connectivity index (χ0v) is 32.5. The average Bonchev–Trinajstić information content (AvgIpc) is 3.45. The van der Waals surface area contributed by atoms with Gasteiger partial charge in [0.25, 0.3) is 0 Å². The van der Waals surface area contributed by atoms with Gasteiger partial charge in [-0.1, -0.05) is 159 Å². The highest BCUT2D eigenvalue weighted by molar-refractivity contribution is 7.99. The number of anilines is 3. The molecule has 0 atom stereocenters. The van der Waals surface area contributed by atoms with E-state index in [0.717, 1.165) is 17.1 Å². The first-order valence-corrected chi connectivity index (χ1v) is 19.6. The Morgan fingerprint density at radius 1 is 0.537 bits per heavy atom. The predicted molar refractivity (Wildman–Crippen MR) is 233 cm³/mol. The van der Waals surface area contributed by atoms with E-state index in [0.29, 0.717) is 0 Å². The summed E-state index contributed by atoms with van der Waals surface area (Å²) in [6, 6.07) is 60.1. The van der Waals surface area contributed by atoms with Gasteiger partial charge in [-0.2, -0.15) is 0 Å². The Morgan fingerprint density at radius 2 is 1.09 bits per heavy atom. The largest absolute Gasteiger partial charge is 0.310 e. The van der Waals surface area contributed by atoms with Crippen molar-refractivity contribution in [3.8, 4) is 33.4 Å². The van der Waals surface area contributed by atoms with Gasteiger partial charge in [0.15, 0.2) is 0 Å². The quantitative estimate of drug-likeness (QED) is 0.137. The summed E-state index contributed by atoms with van der Waals surface area (Å²) in [5.41, 5.74) is 17.3. The summed E-state index contributed by atoms with van der Waals surface area (Å²) >= 11 is 1.88. The summed E-state index contributed by atoms with van der Waals surface area (Å²) in [6.07, 6.45) is 6.44. The van der Waals surface area contributed by atoms with Crippen LogP contribution in [-0.2, 0) is 5.41 Å². The Hall–Kier alpha value is -5.83. The fourth-order valence-corrected chi connectivity index (χ4v) is 8.93. The predicted octanol–water partition coefficient (Wildman–Crippen LogP) is 15.2. The molecule has 1 nitrogen and oxygen atoms in total. The minimum atomic E-state index is -0.106. The second-order valence-electron chi connectivity index (χ2n) is 14.5. The molecule has 8 rings (SSSR count). The van der Waals surface area contributed by atoms with Crippen molar-refractivity contribution in [1.82, 2.24) is 0 Å². The van der Waals surface area contributed by atoms with E-state index in [4.69, 9.17) is 0 Å². The lowest BCUT2D eigenvalue weighted by atomic mass is 9.82. The van der Waals surface area contributed by atoms with Crippen molar-refractivity contribution in [1.29, 1.82) is 0 Å². The molecule has 2 heteroatoms. The first-order chi connectivity index (χ1) is 26.4. The van der Waals surface area contributed by atoms with Crippen molar-refractivity contribution < 1.29 is 0 Å². The molecule has 0 fully saturated rings. The molecular weight excluding hydrogens is 671 g/mol. The molecule has 0 aliphatic heterocycles. The van der Waals surface area contributed by atoms with Crippen LogP contribution in [0.3, 0.4) is 0 Å². The third-order valence-corrected chi connectivity index (χ3v) is 12.0. The highest BCUT2D eigenvalue weighted by Gasteiger charge is 2.37. The van der Waals surface area contributed by atoms with Gasteiger partial charge < -0.3 is 4.90 Å². The summed E-state index contributed by atoms with van der Waals surface area (Å²) < 4.78 is 0. The molecule has 54 heavy (non-hydrogen) atoms. The van der Waals surface area contributed by atoms with Crippen LogP contribution < -0.4 is 4.90 Å². The minimum absolute atomic E-state index is 0.106. The fraction of sp³-hybridized carbons (Fsp3) is 0.115. The number of fused-ring (bicyclic) bond motifs is 3. The lowest BCUT2D eigenvalue weighted by Gasteiger charge is -2.27. The SMILES string of the molecule is C/C=C\C(=C/C)c1ccc(N(c2ccc(-c3ccc(-c4ccccc4)cc3)cc2)c2ccc3c(c2)-c2c(Sc4ccccc4C)cccc2C3(C)C)cc1. The maximum atomic E-state index is 2.42. The lowest BCUT2D eigenvalue weighted by Crippen LogP contribution is -2.15. The van der Waals surface area contributed by atoms with Gasteiger partial charge in [0.05, 0.1) is 0 Å². The third kappa shape index (κ3) is 6.63. The molecule has 0 aromatic heterocycles. The number of aryl methyl sites for hydroxylation is 1. The molecular formula is C52H45NS. The second kappa shape index (κ2) is 14.9. The summed E-state index contributed by atoms with van der Waals surface area (Å²) in [6.45, 7) is 11.1. The Bertz CT molecular complexity index is 2490. The molecule has 0 N–H and O–H groups in total. The first kappa shape index (κ1) is 35.2. The fourth-order valence-electron chi connectivity index (χ4n) is 7.85. The Kier molecular flexibility index (Phi) is 9.71. The van der Waals surface area contributed by atoms with E-state index in [9.17, 15) is 0 Å². The molecule has 0 bridgehead atoms. The Labute approximate surface area is 325 Å². The van der Waals surface area contributed by atoms with Gasteiger partial charge >= 0.3 is 0 Å². The maximum Gasteiger partial charge on any atom is 0.0468 e. The van der Waals surface area contributed by atoms with E-state index in [2.05, 4.69) is 222 Å². The molecule has 0 saturated carbocycles.